The first-order valence-corrected chi connectivity index (χ1v) is 13.0. The number of anilines is 1. The summed E-state index contributed by atoms with van der Waals surface area (Å²) in [5, 5.41) is 0.753. The molecule has 0 saturated carbocycles. The maximum absolute atomic E-state index is 14.0. The number of hydrogen-bond donors (Lipinski definition) is 1. The van der Waals surface area contributed by atoms with Gasteiger partial charge in [-0.15, -0.1) is 0 Å². The number of carbonyl (C=O) groups is 2. The quantitative estimate of drug-likeness (QED) is 0.496. The van der Waals surface area contributed by atoms with Crippen molar-refractivity contribution in [1.29, 1.82) is 0 Å². The first kappa shape index (κ1) is 25.9. The van der Waals surface area contributed by atoms with Crippen LogP contribution in [0.3, 0.4) is 0 Å². The van der Waals surface area contributed by atoms with Gasteiger partial charge in [0.15, 0.2) is 0 Å². The van der Waals surface area contributed by atoms with E-state index >= 15 is 0 Å². The zero-order valence-corrected chi connectivity index (χ0v) is 21.3. The number of carbonyl (C=O) groups excluding carboxylic acids is 2. The van der Waals surface area contributed by atoms with Crippen molar-refractivity contribution in [3.05, 3.63) is 65.1 Å². The normalized spacial score (nSPS) is 15.6. The van der Waals surface area contributed by atoms with Gasteiger partial charge in [-0.25, -0.2) is 4.39 Å². The van der Waals surface area contributed by atoms with Gasteiger partial charge in [0.1, 0.15) is 18.1 Å². The molecule has 7 heteroatoms. The standard InChI is InChI=1S/C29H36FN3O3/c1-3-23-24-18-22(30)14-15-25(24)31-28(23)29(35)32-16-10-6-4-5-7-11-17-33(27(34)20-36-2)26-13-9-8-12-21(26)19-32/h8-9,12-15,18,31H,3-7,10-11,16-17,19-20H2,1-2H3. The van der Waals surface area contributed by atoms with E-state index < -0.39 is 0 Å². The van der Waals surface area contributed by atoms with Crippen molar-refractivity contribution in [2.24, 2.45) is 0 Å². The molecule has 0 atom stereocenters. The van der Waals surface area contributed by atoms with Gasteiger partial charge in [0.25, 0.3) is 11.8 Å². The van der Waals surface area contributed by atoms with Crippen LogP contribution in [-0.2, 0) is 22.5 Å². The predicted molar refractivity (Wildman–Crippen MR) is 141 cm³/mol. The zero-order chi connectivity index (χ0) is 25.5. The first-order valence-electron chi connectivity index (χ1n) is 13.0. The van der Waals surface area contributed by atoms with E-state index in [1.165, 1.54) is 19.2 Å². The maximum Gasteiger partial charge on any atom is 0.270 e. The van der Waals surface area contributed by atoms with Gasteiger partial charge in [-0.2, -0.15) is 0 Å². The van der Waals surface area contributed by atoms with E-state index in [1.807, 2.05) is 41.0 Å². The maximum atomic E-state index is 14.0. The molecule has 1 N–H and O–H groups in total. The third-order valence-electron chi connectivity index (χ3n) is 7.00. The molecule has 3 aromatic rings. The number of nitrogens with one attached hydrogen (secondary N) is 1. The van der Waals surface area contributed by atoms with Gasteiger partial charge in [-0.05, 0) is 54.7 Å². The van der Waals surface area contributed by atoms with Crippen LogP contribution in [0.5, 0.6) is 0 Å². The average Bonchev–Trinajstić information content (AvgIpc) is 3.25. The molecule has 2 aromatic carbocycles. The lowest BCUT2D eigenvalue weighted by atomic mass is 10.1. The van der Waals surface area contributed by atoms with Gasteiger partial charge in [-0.1, -0.05) is 50.8 Å². The smallest absolute Gasteiger partial charge is 0.270 e. The first-order chi connectivity index (χ1) is 17.5. The fourth-order valence-corrected chi connectivity index (χ4v) is 5.15. The molecule has 0 saturated heterocycles. The highest BCUT2D eigenvalue weighted by atomic mass is 19.1. The van der Waals surface area contributed by atoms with Crippen molar-refractivity contribution in [2.75, 3.05) is 31.7 Å². The molecule has 0 spiro atoms. The van der Waals surface area contributed by atoms with Gasteiger partial charge in [0, 0.05) is 43.3 Å². The lowest BCUT2D eigenvalue weighted by Gasteiger charge is -2.28. The molecular weight excluding hydrogens is 457 g/mol. The fourth-order valence-electron chi connectivity index (χ4n) is 5.15. The van der Waals surface area contributed by atoms with Crippen LogP contribution in [0.1, 0.15) is 67.1 Å². The van der Waals surface area contributed by atoms with Crippen molar-refractivity contribution >= 4 is 28.4 Å². The fraction of sp³-hybridized carbons (Fsp3) is 0.448. The molecule has 1 aliphatic heterocycles. The molecule has 0 fully saturated rings. The molecular formula is C29H36FN3O3. The van der Waals surface area contributed by atoms with Crippen molar-refractivity contribution in [3.63, 3.8) is 0 Å². The van der Waals surface area contributed by atoms with Gasteiger partial charge in [0.05, 0.1) is 0 Å². The SMILES string of the molecule is CCc1c(C(=O)N2CCCCCCCCN(C(=O)COC)c3ccccc3C2)[nH]c2ccc(F)cc12. The minimum Gasteiger partial charge on any atom is -0.375 e. The van der Waals surface area contributed by atoms with Crippen molar-refractivity contribution in [2.45, 2.75) is 58.4 Å². The van der Waals surface area contributed by atoms with Crippen molar-refractivity contribution < 1.29 is 18.7 Å². The Hall–Kier alpha value is -3.19. The van der Waals surface area contributed by atoms with Crippen LogP contribution in [0.15, 0.2) is 42.5 Å². The summed E-state index contributed by atoms with van der Waals surface area (Å²) < 4.78 is 19.1. The number of nitrogens with zero attached hydrogens (tertiary/aromatic N) is 2. The number of benzene rings is 2. The van der Waals surface area contributed by atoms with E-state index in [4.69, 9.17) is 4.74 Å². The number of halogens is 1. The van der Waals surface area contributed by atoms with Gasteiger partial charge in [-0.3, -0.25) is 9.59 Å². The van der Waals surface area contributed by atoms with E-state index in [9.17, 15) is 14.0 Å². The van der Waals surface area contributed by atoms with Gasteiger partial charge in [0.2, 0.25) is 0 Å². The Morgan fingerprint density at radius 3 is 2.47 bits per heavy atom. The van der Waals surface area contributed by atoms with Crippen LogP contribution in [0, 0.1) is 5.82 Å². The van der Waals surface area contributed by atoms with E-state index in [0.29, 0.717) is 31.7 Å². The molecule has 2 heterocycles. The monoisotopic (exact) mass is 493 g/mol. The summed E-state index contributed by atoms with van der Waals surface area (Å²) in [6.45, 7) is 3.63. The summed E-state index contributed by atoms with van der Waals surface area (Å²) in [6.07, 6.45) is 6.79. The zero-order valence-electron chi connectivity index (χ0n) is 21.3. The van der Waals surface area contributed by atoms with Gasteiger partial charge >= 0.3 is 0 Å². The summed E-state index contributed by atoms with van der Waals surface area (Å²) in [7, 11) is 1.53. The van der Waals surface area contributed by atoms with E-state index in [2.05, 4.69) is 4.98 Å². The van der Waals surface area contributed by atoms with Gasteiger partial charge < -0.3 is 19.5 Å². The second kappa shape index (κ2) is 12.2. The van der Waals surface area contributed by atoms with Crippen LogP contribution in [-0.4, -0.2) is 48.5 Å². The molecule has 0 aliphatic carbocycles. The Bertz CT molecular complexity index is 1210. The topological polar surface area (TPSA) is 65.6 Å². The molecule has 6 nitrogen and oxygen atoms in total. The van der Waals surface area contributed by atoms with Crippen LogP contribution in [0.2, 0.25) is 0 Å². The van der Waals surface area contributed by atoms with Crippen LogP contribution < -0.4 is 4.90 Å². The average molecular weight is 494 g/mol. The summed E-state index contributed by atoms with van der Waals surface area (Å²) >= 11 is 0. The van der Waals surface area contributed by atoms with Crippen molar-refractivity contribution in [3.8, 4) is 0 Å². The number of ether oxygens (including phenoxy) is 1. The summed E-state index contributed by atoms with van der Waals surface area (Å²) in [5.41, 5.74) is 3.87. The molecule has 0 bridgehead atoms. The second-order valence-electron chi connectivity index (χ2n) is 9.48. The molecule has 192 valence electrons. The molecule has 2 amide bonds. The van der Waals surface area contributed by atoms with Crippen LogP contribution in [0.25, 0.3) is 10.9 Å². The Morgan fingerprint density at radius 1 is 1.00 bits per heavy atom. The lowest BCUT2D eigenvalue weighted by Crippen LogP contribution is -2.37. The Balaban J connectivity index is 1.72. The number of hydrogen-bond acceptors (Lipinski definition) is 3. The number of amides is 2. The number of fused-ring (bicyclic) bond motifs is 2. The molecule has 1 aliphatic rings. The minimum absolute atomic E-state index is 0.0163. The van der Waals surface area contributed by atoms with Crippen LogP contribution >= 0.6 is 0 Å². The largest absolute Gasteiger partial charge is 0.375 e. The predicted octanol–water partition coefficient (Wildman–Crippen LogP) is 5.85. The highest BCUT2D eigenvalue weighted by Gasteiger charge is 2.25. The number of aryl methyl sites for hydroxylation is 1. The molecule has 1 aromatic heterocycles. The number of aromatic amines is 1. The highest BCUT2D eigenvalue weighted by Crippen LogP contribution is 2.28. The Kier molecular flexibility index (Phi) is 8.75. The summed E-state index contributed by atoms with van der Waals surface area (Å²) in [5.74, 6) is -0.487. The highest BCUT2D eigenvalue weighted by molar-refractivity contribution is 6.01. The van der Waals surface area contributed by atoms with E-state index in [1.54, 1.807) is 6.07 Å². The lowest BCUT2D eigenvalue weighted by molar-refractivity contribution is -0.122. The molecule has 4 rings (SSSR count). The van der Waals surface area contributed by atoms with E-state index in [0.717, 1.165) is 66.2 Å². The van der Waals surface area contributed by atoms with Crippen molar-refractivity contribution in [1.82, 2.24) is 9.88 Å². The third kappa shape index (κ3) is 5.78. The van der Waals surface area contributed by atoms with Crippen LogP contribution in [0.4, 0.5) is 10.1 Å². The molecule has 0 unspecified atom stereocenters. The minimum atomic E-state index is -0.313. The molecule has 36 heavy (non-hydrogen) atoms. The molecule has 0 radical (unpaired) electrons. The summed E-state index contributed by atoms with van der Waals surface area (Å²) in [4.78, 5) is 33.9. The summed E-state index contributed by atoms with van der Waals surface area (Å²) in [6, 6.07) is 12.4. The number of methoxy groups -OCH3 is 1. The Labute approximate surface area is 212 Å². The van der Waals surface area contributed by atoms with E-state index in [-0.39, 0.29) is 24.2 Å². The number of para-hydroxylation sites is 1. The number of H-pyrrole nitrogens is 1. The third-order valence-corrected chi connectivity index (χ3v) is 7.00. The second-order valence-corrected chi connectivity index (χ2v) is 9.48. The Morgan fingerprint density at radius 2 is 1.72 bits per heavy atom. The number of aromatic nitrogens is 1. The number of rotatable bonds is 4.